The van der Waals surface area contributed by atoms with Crippen molar-refractivity contribution in [3.63, 3.8) is 0 Å². The minimum atomic E-state index is -0.367. The Balaban J connectivity index is 1.53. The number of hydrogen-bond acceptors (Lipinski definition) is 7. The molecule has 2 aromatic rings. The average molecular weight is 415 g/mol. The summed E-state index contributed by atoms with van der Waals surface area (Å²) in [5.74, 6) is 1.54. The molecule has 0 bridgehead atoms. The fourth-order valence-electron chi connectivity index (χ4n) is 4.60. The first-order chi connectivity index (χ1) is 14.7. The molecule has 0 aliphatic carbocycles. The third-order valence-corrected chi connectivity index (χ3v) is 6.10. The summed E-state index contributed by atoms with van der Waals surface area (Å²) in [5.41, 5.74) is -0.367. The first kappa shape index (κ1) is 20.7. The van der Waals surface area contributed by atoms with Gasteiger partial charge >= 0.3 is 0 Å². The predicted octanol–water partition coefficient (Wildman–Crippen LogP) is 1.31. The van der Waals surface area contributed by atoms with Gasteiger partial charge in [0.25, 0.3) is 5.91 Å². The largest absolute Gasteiger partial charge is 0.484 e. The molecule has 2 fully saturated rings. The molecule has 30 heavy (non-hydrogen) atoms. The van der Waals surface area contributed by atoms with Gasteiger partial charge in [-0.05, 0) is 61.3 Å². The van der Waals surface area contributed by atoms with E-state index in [1.165, 1.54) is 0 Å². The number of carbonyl (C=O) groups is 1. The summed E-state index contributed by atoms with van der Waals surface area (Å²) in [5, 5.41) is 12.6. The lowest BCUT2D eigenvalue weighted by Crippen LogP contribution is -2.58. The number of rotatable bonds is 8. The second kappa shape index (κ2) is 9.53. The Kier molecular flexibility index (Phi) is 6.59. The monoisotopic (exact) mass is 414 g/mol. The fraction of sp³-hybridized carbons (Fsp3) is 0.619. The number of tetrazole rings is 1. The van der Waals surface area contributed by atoms with Gasteiger partial charge in [0.15, 0.2) is 12.4 Å². The van der Waals surface area contributed by atoms with Gasteiger partial charge in [0, 0.05) is 20.2 Å². The SMILES string of the molecule is COCCn1nnnc1C1(N2CCCC2)CCCN(C(=O)COc2ccccc2)C1. The van der Waals surface area contributed by atoms with Gasteiger partial charge in [-0.15, -0.1) is 5.10 Å². The Morgan fingerprint density at radius 1 is 1.13 bits per heavy atom. The van der Waals surface area contributed by atoms with E-state index in [2.05, 4.69) is 20.4 Å². The van der Waals surface area contributed by atoms with Crippen LogP contribution in [-0.4, -0.2) is 82.4 Å². The van der Waals surface area contributed by atoms with Crippen molar-refractivity contribution in [2.45, 2.75) is 37.8 Å². The molecule has 4 rings (SSSR count). The summed E-state index contributed by atoms with van der Waals surface area (Å²) in [7, 11) is 1.67. The Morgan fingerprint density at radius 2 is 1.93 bits per heavy atom. The molecule has 1 aromatic carbocycles. The van der Waals surface area contributed by atoms with Crippen molar-refractivity contribution in [2.24, 2.45) is 0 Å². The van der Waals surface area contributed by atoms with E-state index in [1.54, 1.807) is 7.11 Å². The van der Waals surface area contributed by atoms with Crippen LogP contribution in [0.5, 0.6) is 5.75 Å². The first-order valence-electron chi connectivity index (χ1n) is 10.7. The van der Waals surface area contributed by atoms with Crippen molar-refractivity contribution >= 4 is 5.91 Å². The fourth-order valence-corrected chi connectivity index (χ4v) is 4.60. The quantitative estimate of drug-likeness (QED) is 0.644. The third kappa shape index (κ3) is 4.32. The molecule has 0 spiro atoms. The van der Waals surface area contributed by atoms with E-state index in [4.69, 9.17) is 9.47 Å². The average Bonchev–Trinajstić information content (AvgIpc) is 3.49. The lowest BCUT2D eigenvalue weighted by molar-refractivity contribution is -0.138. The second-order valence-corrected chi connectivity index (χ2v) is 7.96. The highest BCUT2D eigenvalue weighted by atomic mass is 16.5. The predicted molar refractivity (Wildman–Crippen MR) is 110 cm³/mol. The Morgan fingerprint density at radius 3 is 2.70 bits per heavy atom. The zero-order chi connectivity index (χ0) is 20.8. The van der Waals surface area contributed by atoms with Crippen LogP contribution in [0, 0.1) is 0 Å². The second-order valence-electron chi connectivity index (χ2n) is 7.96. The van der Waals surface area contributed by atoms with Gasteiger partial charge in [0.1, 0.15) is 11.3 Å². The molecule has 162 valence electrons. The van der Waals surface area contributed by atoms with Crippen molar-refractivity contribution in [3.8, 4) is 5.75 Å². The number of ether oxygens (including phenoxy) is 2. The number of amides is 1. The number of carbonyl (C=O) groups excluding carboxylic acids is 1. The summed E-state index contributed by atoms with van der Waals surface area (Å²) in [6.07, 6.45) is 4.16. The number of aromatic nitrogens is 4. The Bertz CT molecular complexity index is 823. The third-order valence-electron chi connectivity index (χ3n) is 6.10. The van der Waals surface area contributed by atoms with E-state index >= 15 is 0 Å². The number of nitrogens with zero attached hydrogens (tertiary/aromatic N) is 6. The van der Waals surface area contributed by atoms with Gasteiger partial charge in [-0.25, -0.2) is 4.68 Å². The van der Waals surface area contributed by atoms with Crippen molar-refractivity contribution in [2.75, 3.05) is 46.5 Å². The molecule has 0 radical (unpaired) electrons. The molecule has 3 heterocycles. The van der Waals surface area contributed by atoms with Crippen LogP contribution in [0.2, 0.25) is 0 Å². The molecular weight excluding hydrogens is 384 g/mol. The van der Waals surface area contributed by atoms with Gasteiger partial charge in [-0.3, -0.25) is 9.69 Å². The number of hydrogen-bond donors (Lipinski definition) is 0. The van der Waals surface area contributed by atoms with Crippen LogP contribution >= 0.6 is 0 Å². The summed E-state index contributed by atoms with van der Waals surface area (Å²) in [6.45, 7) is 4.48. The normalized spacial score (nSPS) is 22.4. The van der Waals surface area contributed by atoms with E-state index in [9.17, 15) is 4.79 Å². The van der Waals surface area contributed by atoms with E-state index in [-0.39, 0.29) is 18.1 Å². The van der Waals surface area contributed by atoms with Crippen LogP contribution in [0.4, 0.5) is 0 Å². The van der Waals surface area contributed by atoms with Gasteiger partial charge in [0.2, 0.25) is 0 Å². The first-order valence-corrected chi connectivity index (χ1v) is 10.7. The van der Waals surface area contributed by atoms with Crippen LogP contribution in [0.3, 0.4) is 0 Å². The maximum Gasteiger partial charge on any atom is 0.260 e. The summed E-state index contributed by atoms with van der Waals surface area (Å²) >= 11 is 0. The smallest absolute Gasteiger partial charge is 0.260 e. The van der Waals surface area contributed by atoms with Crippen molar-refractivity contribution in [1.82, 2.24) is 30.0 Å². The van der Waals surface area contributed by atoms with Crippen molar-refractivity contribution < 1.29 is 14.3 Å². The molecule has 0 saturated carbocycles. The number of piperidine rings is 1. The van der Waals surface area contributed by atoms with Crippen LogP contribution in [-0.2, 0) is 21.6 Å². The number of para-hydroxylation sites is 1. The molecule has 1 atom stereocenters. The molecule has 2 aliphatic rings. The van der Waals surface area contributed by atoms with Gasteiger partial charge < -0.3 is 14.4 Å². The molecule has 1 aromatic heterocycles. The molecule has 0 N–H and O–H groups in total. The highest BCUT2D eigenvalue weighted by Crippen LogP contribution is 2.38. The molecule has 2 saturated heterocycles. The molecule has 1 amide bonds. The van der Waals surface area contributed by atoms with E-state index in [0.29, 0.717) is 25.4 Å². The Hall–Kier alpha value is -2.52. The zero-order valence-corrected chi connectivity index (χ0v) is 17.6. The number of methoxy groups -OCH3 is 1. The van der Waals surface area contributed by atoms with E-state index in [0.717, 1.165) is 51.1 Å². The van der Waals surface area contributed by atoms with Crippen molar-refractivity contribution in [1.29, 1.82) is 0 Å². The summed E-state index contributed by atoms with van der Waals surface area (Å²) in [4.78, 5) is 17.4. The molecular formula is C21H30N6O3. The van der Waals surface area contributed by atoms with E-state index < -0.39 is 0 Å². The van der Waals surface area contributed by atoms with Crippen LogP contribution in [0.1, 0.15) is 31.5 Å². The Labute approximate surface area is 176 Å². The summed E-state index contributed by atoms with van der Waals surface area (Å²) in [6, 6.07) is 9.46. The molecule has 9 nitrogen and oxygen atoms in total. The zero-order valence-electron chi connectivity index (χ0n) is 17.6. The van der Waals surface area contributed by atoms with Gasteiger partial charge in [0.05, 0.1) is 13.2 Å². The highest BCUT2D eigenvalue weighted by molar-refractivity contribution is 5.78. The number of benzene rings is 1. The lowest BCUT2D eigenvalue weighted by atomic mass is 9.86. The highest BCUT2D eigenvalue weighted by Gasteiger charge is 2.47. The summed E-state index contributed by atoms with van der Waals surface area (Å²) < 4.78 is 12.8. The topological polar surface area (TPSA) is 85.6 Å². The maximum absolute atomic E-state index is 13.0. The van der Waals surface area contributed by atoms with Crippen LogP contribution in [0.25, 0.3) is 0 Å². The van der Waals surface area contributed by atoms with Gasteiger partial charge in [-0.1, -0.05) is 18.2 Å². The molecule has 2 aliphatic heterocycles. The van der Waals surface area contributed by atoms with Gasteiger partial charge in [-0.2, -0.15) is 0 Å². The maximum atomic E-state index is 13.0. The van der Waals surface area contributed by atoms with Crippen molar-refractivity contribution in [3.05, 3.63) is 36.2 Å². The molecule has 1 unspecified atom stereocenters. The minimum absolute atomic E-state index is 0.00181. The number of likely N-dealkylation sites (tertiary alicyclic amines) is 2. The lowest BCUT2D eigenvalue weighted by Gasteiger charge is -2.47. The standard InChI is InChI=1S/C21H30N6O3/c1-29-15-14-27-20(22-23-24-27)21(26-12-5-6-13-26)10-7-11-25(17-21)19(28)16-30-18-8-3-2-4-9-18/h2-4,8-9H,5-7,10-17H2,1H3. The van der Waals surface area contributed by atoms with E-state index in [1.807, 2.05) is 39.9 Å². The minimum Gasteiger partial charge on any atom is -0.484 e. The van der Waals surface area contributed by atoms with Crippen LogP contribution in [0.15, 0.2) is 30.3 Å². The molecule has 9 heteroatoms. The van der Waals surface area contributed by atoms with Crippen LogP contribution < -0.4 is 4.74 Å².